The van der Waals surface area contributed by atoms with E-state index in [4.69, 9.17) is 4.42 Å². The minimum atomic E-state index is -3.19. The Labute approximate surface area is 175 Å². The van der Waals surface area contributed by atoms with Crippen molar-refractivity contribution in [1.29, 1.82) is 0 Å². The summed E-state index contributed by atoms with van der Waals surface area (Å²) in [6.07, 6.45) is 0.372. The van der Waals surface area contributed by atoms with E-state index in [1.807, 2.05) is 50.2 Å². The fourth-order valence-electron chi connectivity index (χ4n) is 4.08. The second-order valence-corrected chi connectivity index (χ2v) is 10.1. The Hall–Kier alpha value is -2.93. The molecule has 1 atom stereocenters. The lowest BCUT2D eigenvalue weighted by atomic mass is 10.1. The first kappa shape index (κ1) is 20.3. The maximum Gasteiger partial charge on any atom is 0.290 e. The van der Waals surface area contributed by atoms with Crippen molar-refractivity contribution in [2.24, 2.45) is 0 Å². The van der Waals surface area contributed by atoms with Crippen LogP contribution in [0.2, 0.25) is 0 Å². The highest BCUT2D eigenvalue weighted by molar-refractivity contribution is 7.91. The summed E-state index contributed by atoms with van der Waals surface area (Å²) in [7, 11) is -3.19. The van der Waals surface area contributed by atoms with Crippen LogP contribution < -0.4 is 5.43 Å². The van der Waals surface area contributed by atoms with Gasteiger partial charge >= 0.3 is 0 Å². The maximum absolute atomic E-state index is 13.4. The minimum Gasteiger partial charge on any atom is -0.451 e. The van der Waals surface area contributed by atoms with Crippen molar-refractivity contribution in [2.45, 2.75) is 32.9 Å². The Bertz CT molecular complexity index is 1280. The molecule has 7 heteroatoms. The molecule has 1 saturated heterocycles. The van der Waals surface area contributed by atoms with Gasteiger partial charge in [0.05, 0.1) is 16.9 Å². The zero-order valence-corrected chi connectivity index (χ0v) is 17.7. The molecule has 1 aliphatic rings. The number of aryl methyl sites for hydroxylation is 2. The van der Waals surface area contributed by atoms with Gasteiger partial charge in [-0.3, -0.25) is 9.59 Å². The Morgan fingerprint density at radius 3 is 2.53 bits per heavy atom. The predicted molar refractivity (Wildman–Crippen MR) is 115 cm³/mol. The largest absolute Gasteiger partial charge is 0.451 e. The van der Waals surface area contributed by atoms with Crippen molar-refractivity contribution in [1.82, 2.24) is 4.90 Å². The van der Waals surface area contributed by atoms with Crippen molar-refractivity contribution in [3.8, 4) is 0 Å². The Morgan fingerprint density at radius 2 is 1.87 bits per heavy atom. The average Bonchev–Trinajstić information content (AvgIpc) is 3.05. The van der Waals surface area contributed by atoms with E-state index in [-0.39, 0.29) is 29.2 Å². The third kappa shape index (κ3) is 4.03. The van der Waals surface area contributed by atoms with Gasteiger partial charge in [-0.15, -0.1) is 0 Å². The summed E-state index contributed by atoms with van der Waals surface area (Å²) < 4.78 is 30.0. The summed E-state index contributed by atoms with van der Waals surface area (Å²) in [6.45, 7) is 3.97. The quantitative estimate of drug-likeness (QED) is 0.641. The van der Waals surface area contributed by atoms with Crippen LogP contribution in [-0.4, -0.2) is 36.8 Å². The summed E-state index contributed by atoms with van der Waals surface area (Å²) >= 11 is 0. The molecule has 3 aromatic rings. The molecule has 0 saturated carbocycles. The van der Waals surface area contributed by atoms with Gasteiger partial charge in [-0.25, -0.2) is 8.42 Å². The van der Waals surface area contributed by atoms with E-state index in [0.29, 0.717) is 17.4 Å². The number of benzene rings is 2. The Morgan fingerprint density at radius 1 is 1.13 bits per heavy atom. The number of hydrogen-bond acceptors (Lipinski definition) is 5. The summed E-state index contributed by atoms with van der Waals surface area (Å²) in [6, 6.07) is 13.8. The number of sulfone groups is 1. The van der Waals surface area contributed by atoms with E-state index in [0.717, 1.165) is 16.7 Å². The monoisotopic (exact) mass is 425 g/mol. The molecule has 1 fully saturated rings. The lowest BCUT2D eigenvalue weighted by Crippen LogP contribution is -2.40. The molecule has 2 heterocycles. The molecule has 1 amide bonds. The molecule has 0 spiro atoms. The lowest BCUT2D eigenvalue weighted by Gasteiger charge is -2.28. The molecule has 2 aromatic carbocycles. The summed E-state index contributed by atoms with van der Waals surface area (Å²) in [5.74, 6) is -0.574. The molecule has 0 aliphatic carbocycles. The van der Waals surface area contributed by atoms with Gasteiger partial charge in [-0.05, 0) is 43.0 Å². The number of nitrogens with zero attached hydrogens (tertiary/aromatic N) is 1. The first-order chi connectivity index (χ1) is 14.2. The van der Waals surface area contributed by atoms with Gasteiger partial charge in [-0.1, -0.05) is 36.4 Å². The van der Waals surface area contributed by atoms with Gasteiger partial charge in [0, 0.05) is 18.7 Å². The summed E-state index contributed by atoms with van der Waals surface area (Å²) in [4.78, 5) is 27.6. The zero-order valence-electron chi connectivity index (χ0n) is 16.9. The van der Waals surface area contributed by atoms with Gasteiger partial charge in [0.25, 0.3) is 5.91 Å². The van der Waals surface area contributed by atoms with Crippen molar-refractivity contribution in [2.75, 3.05) is 11.5 Å². The van der Waals surface area contributed by atoms with Crippen LogP contribution in [0.1, 0.15) is 33.7 Å². The topological polar surface area (TPSA) is 84.7 Å². The van der Waals surface area contributed by atoms with Crippen molar-refractivity contribution in [3.05, 3.63) is 81.2 Å². The molecule has 1 aliphatic heterocycles. The van der Waals surface area contributed by atoms with Crippen LogP contribution in [0, 0.1) is 13.8 Å². The van der Waals surface area contributed by atoms with Crippen LogP contribution in [-0.2, 0) is 16.4 Å². The van der Waals surface area contributed by atoms with Crippen LogP contribution in [0.25, 0.3) is 11.0 Å². The molecule has 6 nitrogen and oxygen atoms in total. The SMILES string of the molecule is Cc1cc(C)c2c(=O)cc(C(=O)N(Cc3ccccc3)[C@H]3CCS(=O)(=O)C3)oc2c1. The van der Waals surface area contributed by atoms with Crippen LogP contribution in [0.5, 0.6) is 0 Å². The average molecular weight is 426 g/mol. The van der Waals surface area contributed by atoms with E-state index < -0.39 is 21.8 Å². The molecular weight excluding hydrogens is 402 g/mol. The molecule has 0 unspecified atom stereocenters. The molecule has 156 valence electrons. The number of hydrogen-bond donors (Lipinski definition) is 0. The molecule has 0 radical (unpaired) electrons. The Balaban J connectivity index is 1.77. The normalized spacial score (nSPS) is 17.9. The number of carbonyl (C=O) groups excluding carboxylic acids is 1. The second kappa shape index (κ2) is 7.72. The summed E-state index contributed by atoms with van der Waals surface area (Å²) in [5.41, 5.74) is 2.68. The van der Waals surface area contributed by atoms with Crippen LogP contribution in [0.15, 0.2) is 57.7 Å². The summed E-state index contributed by atoms with van der Waals surface area (Å²) in [5, 5.41) is 0.454. The van der Waals surface area contributed by atoms with Gasteiger partial charge in [0.15, 0.2) is 21.0 Å². The standard InChI is InChI=1S/C23H23NO5S/c1-15-10-16(2)22-19(25)12-21(29-20(22)11-15)23(26)24(13-17-6-4-3-5-7-17)18-8-9-30(27,28)14-18/h3-7,10-12,18H,8-9,13-14H2,1-2H3/t18-/m0/s1. The second-order valence-electron chi connectivity index (χ2n) is 7.91. The van der Waals surface area contributed by atoms with Crippen LogP contribution in [0.3, 0.4) is 0 Å². The van der Waals surface area contributed by atoms with Crippen molar-refractivity contribution in [3.63, 3.8) is 0 Å². The minimum absolute atomic E-state index is 0.0519. The molecule has 0 N–H and O–H groups in total. The third-order valence-corrected chi connectivity index (χ3v) is 7.24. The predicted octanol–water partition coefficient (Wildman–Crippen LogP) is 3.24. The van der Waals surface area contributed by atoms with Gasteiger partial charge < -0.3 is 9.32 Å². The van der Waals surface area contributed by atoms with Crippen molar-refractivity contribution < 1.29 is 17.6 Å². The van der Waals surface area contributed by atoms with Crippen LogP contribution >= 0.6 is 0 Å². The highest BCUT2D eigenvalue weighted by Gasteiger charge is 2.36. The van der Waals surface area contributed by atoms with E-state index in [2.05, 4.69) is 0 Å². The van der Waals surface area contributed by atoms with Gasteiger partial charge in [0.2, 0.25) is 0 Å². The zero-order chi connectivity index (χ0) is 21.5. The highest BCUT2D eigenvalue weighted by Crippen LogP contribution is 2.24. The fourth-order valence-corrected chi connectivity index (χ4v) is 5.81. The highest BCUT2D eigenvalue weighted by atomic mass is 32.2. The van der Waals surface area contributed by atoms with Gasteiger partial charge in [0.1, 0.15) is 5.58 Å². The van der Waals surface area contributed by atoms with Gasteiger partial charge in [-0.2, -0.15) is 0 Å². The number of amides is 1. The maximum atomic E-state index is 13.4. The molecule has 0 bridgehead atoms. The van der Waals surface area contributed by atoms with E-state index in [9.17, 15) is 18.0 Å². The molecule has 1 aromatic heterocycles. The van der Waals surface area contributed by atoms with Crippen LogP contribution in [0.4, 0.5) is 0 Å². The molecule has 30 heavy (non-hydrogen) atoms. The first-order valence-electron chi connectivity index (χ1n) is 9.84. The van der Waals surface area contributed by atoms with E-state index in [1.165, 1.54) is 11.0 Å². The van der Waals surface area contributed by atoms with E-state index >= 15 is 0 Å². The Kier molecular flexibility index (Phi) is 5.24. The molecule has 4 rings (SSSR count). The number of carbonyl (C=O) groups is 1. The third-order valence-electron chi connectivity index (χ3n) is 5.49. The molecular formula is C23H23NO5S. The number of fused-ring (bicyclic) bond motifs is 1. The number of rotatable bonds is 4. The fraction of sp³-hybridized carbons (Fsp3) is 0.304. The smallest absolute Gasteiger partial charge is 0.290 e. The lowest BCUT2D eigenvalue weighted by molar-refractivity contribution is 0.0648. The van der Waals surface area contributed by atoms with E-state index in [1.54, 1.807) is 6.07 Å². The van der Waals surface area contributed by atoms with Crippen molar-refractivity contribution >= 4 is 26.7 Å². The first-order valence-corrected chi connectivity index (χ1v) is 11.7.